The van der Waals surface area contributed by atoms with Crippen LogP contribution in [0.25, 0.3) is 0 Å². The maximum Gasteiger partial charge on any atom is 0.319 e. The fourth-order valence-corrected chi connectivity index (χ4v) is 6.34. The molecule has 0 fully saturated rings. The van der Waals surface area contributed by atoms with Crippen LogP contribution in [0.15, 0.2) is 48.5 Å². The van der Waals surface area contributed by atoms with Gasteiger partial charge >= 0.3 is 12.1 Å². The fraction of sp³-hybridized carbons (Fsp3) is 0.674. The number of amides is 4. The first-order valence-corrected chi connectivity index (χ1v) is 20.7. The number of hydrogen-bond donors (Lipinski definition) is 4. The number of carbonyl (C=O) groups is 2. The van der Waals surface area contributed by atoms with Crippen LogP contribution in [0, 0.1) is 0 Å². The summed E-state index contributed by atoms with van der Waals surface area (Å²) in [4.78, 5) is 30.2. The molecule has 0 aromatic heterocycles. The second-order valence-electron chi connectivity index (χ2n) is 14.3. The molecule has 288 valence electrons. The minimum Gasteiger partial charge on any atom is -0.338 e. The molecule has 0 radical (unpaired) electrons. The van der Waals surface area contributed by atoms with Gasteiger partial charge in [-0.1, -0.05) is 103 Å². The summed E-state index contributed by atoms with van der Waals surface area (Å²) < 4.78 is 0. The predicted octanol–water partition coefficient (Wildman–Crippen LogP) is 10.4. The monoisotopic (exact) mass is 707 g/mol. The summed E-state index contributed by atoms with van der Waals surface area (Å²) in [6.45, 7) is 17.4. The van der Waals surface area contributed by atoms with Gasteiger partial charge in [0.1, 0.15) is 0 Å². The summed E-state index contributed by atoms with van der Waals surface area (Å²) in [6.07, 6.45) is 20.3. The lowest BCUT2D eigenvalue weighted by Gasteiger charge is -2.22. The smallest absolute Gasteiger partial charge is 0.319 e. The van der Waals surface area contributed by atoms with Gasteiger partial charge in [-0.3, -0.25) is 0 Å². The Balaban J connectivity index is 1.63. The Labute approximate surface area is 312 Å². The van der Waals surface area contributed by atoms with Gasteiger partial charge < -0.3 is 31.1 Å². The van der Waals surface area contributed by atoms with E-state index in [2.05, 4.69) is 83.0 Å². The van der Waals surface area contributed by atoms with Crippen LogP contribution in [0.3, 0.4) is 0 Å². The third-order valence-corrected chi connectivity index (χ3v) is 9.52. The van der Waals surface area contributed by atoms with Crippen molar-refractivity contribution in [3.8, 4) is 0 Å². The summed E-state index contributed by atoms with van der Waals surface area (Å²) in [5, 5.41) is 12.0. The first-order chi connectivity index (χ1) is 25.0. The van der Waals surface area contributed by atoms with E-state index in [1.54, 1.807) is 0 Å². The SMILES string of the molecule is CCCCCN(CCCCC)CCCCNC(=O)Nc1ccc(Cc2ccc(NC(=O)NCCCCN(CCCCC)CCCCC)cc2)cc1. The van der Waals surface area contributed by atoms with Crippen LogP contribution in [0.4, 0.5) is 21.0 Å². The van der Waals surface area contributed by atoms with Crippen molar-refractivity contribution in [1.29, 1.82) is 0 Å². The summed E-state index contributed by atoms with van der Waals surface area (Å²) in [6, 6.07) is 15.7. The average Bonchev–Trinajstić information content (AvgIpc) is 3.13. The first-order valence-electron chi connectivity index (χ1n) is 20.7. The lowest BCUT2D eigenvalue weighted by atomic mass is 10.0. The van der Waals surface area contributed by atoms with E-state index in [1.807, 2.05) is 24.3 Å². The van der Waals surface area contributed by atoms with Crippen molar-refractivity contribution in [1.82, 2.24) is 20.4 Å². The van der Waals surface area contributed by atoms with E-state index in [0.717, 1.165) is 67.7 Å². The number of benzene rings is 2. The highest BCUT2D eigenvalue weighted by atomic mass is 16.2. The average molecular weight is 707 g/mol. The molecule has 0 aliphatic carbocycles. The molecule has 0 heterocycles. The van der Waals surface area contributed by atoms with Gasteiger partial charge in [0.2, 0.25) is 0 Å². The Hall–Kier alpha value is -3.10. The van der Waals surface area contributed by atoms with Gasteiger partial charge in [0.05, 0.1) is 0 Å². The van der Waals surface area contributed by atoms with Crippen LogP contribution in [-0.2, 0) is 6.42 Å². The van der Waals surface area contributed by atoms with Crippen LogP contribution < -0.4 is 21.3 Å². The number of urea groups is 2. The van der Waals surface area contributed by atoms with Crippen molar-refractivity contribution in [3.63, 3.8) is 0 Å². The van der Waals surface area contributed by atoms with Gasteiger partial charge in [0.15, 0.2) is 0 Å². The minimum atomic E-state index is -0.153. The van der Waals surface area contributed by atoms with Crippen LogP contribution >= 0.6 is 0 Å². The molecule has 4 amide bonds. The number of carbonyl (C=O) groups excluding carboxylic acids is 2. The normalized spacial score (nSPS) is 11.3. The Kier molecular flexibility index (Phi) is 25.5. The highest BCUT2D eigenvalue weighted by Gasteiger charge is 2.08. The molecule has 0 spiro atoms. The molecule has 2 aromatic carbocycles. The van der Waals surface area contributed by atoms with Crippen molar-refractivity contribution in [2.24, 2.45) is 0 Å². The second-order valence-corrected chi connectivity index (χ2v) is 14.3. The molecule has 2 rings (SSSR count). The van der Waals surface area contributed by atoms with Gasteiger partial charge in [-0.25, -0.2) is 9.59 Å². The molecule has 0 aliphatic rings. The van der Waals surface area contributed by atoms with E-state index in [-0.39, 0.29) is 12.1 Å². The zero-order valence-electron chi connectivity index (χ0n) is 33.0. The van der Waals surface area contributed by atoms with E-state index in [0.29, 0.717) is 13.1 Å². The fourth-order valence-electron chi connectivity index (χ4n) is 6.34. The van der Waals surface area contributed by atoms with E-state index >= 15 is 0 Å². The molecule has 0 aliphatic heterocycles. The van der Waals surface area contributed by atoms with Crippen LogP contribution in [0.5, 0.6) is 0 Å². The number of unbranched alkanes of at least 4 members (excludes halogenated alkanes) is 10. The number of nitrogens with one attached hydrogen (secondary N) is 4. The van der Waals surface area contributed by atoms with E-state index < -0.39 is 0 Å². The van der Waals surface area contributed by atoms with Gasteiger partial charge in [0.25, 0.3) is 0 Å². The minimum absolute atomic E-state index is 0.153. The molecular weight excluding hydrogens is 633 g/mol. The maximum absolute atomic E-state index is 12.5. The molecule has 0 atom stereocenters. The van der Waals surface area contributed by atoms with Gasteiger partial charge in [0, 0.05) is 24.5 Å². The zero-order chi connectivity index (χ0) is 36.8. The summed E-state index contributed by atoms with van der Waals surface area (Å²) in [5.74, 6) is 0. The molecule has 2 aromatic rings. The number of hydrogen-bond acceptors (Lipinski definition) is 4. The van der Waals surface area contributed by atoms with Crippen LogP contribution in [0.2, 0.25) is 0 Å². The van der Waals surface area contributed by atoms with Crippen molar-refractivity contribution in [3.05, 3.63) is 59.7 Å². The van der Waals surface area contributed by atoms with E-state index in [4.69, 9.17) is 0 Å². The summed E-state index contributed by atoms with van der Waals surface area (Å²) >= 11 is 0. The summed E-state index contributed by atoms with van der Waals surface area (Å²) in [7, 11) is 0. The number of rotatable bonds is 30. The second kappa shape index (κ2) is 29.5. The Morgan fingerprint density at radius 3 is 1.02 bits per heavy atom. The highest BCUT2D eigenvalue weighted by molar-refractivity contribution is 5.89. The quantitative estimate of drug-likeness (QED) is 0.0609. The predicted molar refractivity (Wildman–Crippen MR) is 219 cm³/mol. The Morgan fingerprint density at radius 1 is 0.431 bits per heavy atom. The molecular formula is C43H74N6O2. The molecule has 0 bridgehead atoms. The largest absolute Gasteiger partial charge is 0.338 e. The third-order valence-electron chi connectivity index (χ3n) is 9.52. The van der Waals surface area contributed by atoms with Crippen LogP contribution in [0.1, 0.15) is 142 Å². The van der Waals surface area contributed by atoms with Crippen molar-refractivity contribution in [2.45, 2.75) is 137 Å². The lowest BCUT2D eigenvalue weighted by molar-refractivity contribution is 0.247. The van der Waals surface area contributed by atoms with Crippen molar-refractivity contribution < 1.29 is 9.59 Å². The van der Waals surface area contributed by atoms with E-state index in [1.165, 1.54) is 103 Å². The van der Waals surface area contributed by atoms with Crippen LogP contribution in [-0.4, -0.2) is 74.2 Å². The molecule has 0 unspecified atom stereocenters. The first kappa shape index (κ1) is 44.1. The molecule has 0 saturated carbocycles. The Morgan fingerprint density at radius 2 is 0.725 bits per heavy atom. The number of anilines is 2. The van der Waals surface area contributed by atoms with Crippen molar-refractivity contribution >= 4 is 23.4 Å². The lowest BCUT2D eigenvalue weighted by Crippen LogP contribution is -2.31. The highest BCUT2D eigenvalue weighted by Crippen LogP contribution is 2.16. The molecule has 8 nitrogen and oxygen atoms in total. The van der Waals surface area contributed by atoms with Gasteiger partial charge in [-0.05, 0) is 132 Å². The molecule has 8 heteroatoms. The molecule has 4 N–H and O–H groups in total. The Bertz CT molecular complexity index is 1030. The molecule has 51 heavy (non-hydrogen) atoms. The topological polar surface area (TPSA) is 88.7 Å². The standard InChI is InChI=1S/C43H74N6O2/c1-5-9-15-31-48(32-16-10-6-2)35-19-13-29-44-42(50)46-40-25-21-38(22-26-40)37-39-23-27-41(28-24-39)47-43(51)45-30-14-20-36-49(33-17-11-7-3)34-18-12-8-4/h21-28H,5-20,29-37H2,1-4H3,(H2,44,46,50)(H2,45,47,51). The molecule has 0 saturated heterocycles. The summed E-state index contributed by atoms with van der Waals surface area (Å²) in [5.41, 5.74) is 3.90. The van der Waals surface area contributed by atoms with Gasteiger partial charge in [-0.15, -0.1) is 0 Å². The van der Waals surface area contributed by atoms with E-state index in [9.17, 15) is 9.59 Å². The van der Waals surface area contributed by atoms with Crippen molar-refractivity contribution in [2.75, 3.05) is 63.0 Å². The zero-order valence-corrected chi connectivity index (χ0v) is 33.0. The third kappa shape index (κ3) is 22.4. The number of nitrogens with zero attached hydrogens (tertiary/aromatic N) is 2. The maximum atomic E-state index is 12.5. The van der Waals surface area contributed by atoms with Gasteiger partial charge in [-0.2, -0.15) is 0 Å².